The van der Waals surface area contributed by atoms with Gasteiger partial charge < -0.3 is 5.32 Å². The molecular formula is C18H17NO. The smallest absolute Gasteiger partial charge is 0.228 e. The molecule has 1 saturated carbocycles. The quantitative estimate of drug-likeness (QED) is 0.877. The molecule has 0 spiro atoms. The SMILES string of the molecule is O=C1Cc2ccccc2-c2c(CC3CC3)cccc2N1. The third kappa shape index (κ3) is 2.01. The maximum Gasteiger partial charge on any atom is 0.228 e. The number of carbonyl (C=O) groups is 1. The number of hydrogen-bond donors (Lipinski definition) is 1. The maximum absolute atomic E-state index is 12.0. The van der Waals surface area contributed by atoms with Gasteiger partial charge >= 0.3 is 0 Å². The minimum atomic E-state index is 0.0831. The van der Waals surface area contributed by atoms with E-state index in [9.17, 15) is 4.79 Å². The number of rotatable bonds is 2. The van der Waals surface area contributed by atoms with Crippen LogP contribution in [0.25, 0.3) is 11.1 Å². The van der Waals surface area contributed by atoms with E-state index in [-0.39, 0.29) is 5.91 Å². The second-order valence-electron chi connectivity index (χ2n) is 5.87. The van der Waals surface area contributed by atoms with Crippen molar-refractivity contribution in [3.8, 4) is 11.1 Å². The predicted octanol–water partition coefficient (Wildman–Crippen LogP) is 3.80. The van der Waals surface area contributed by atoms with E-state index in [4.69, 9.17) is 0 Å². The van der Waals surface area contributed by atoms with Crippen molar-refractivity contribution in [2.45, 2.75) is 25.7 Å². The molecule has 2 aliphatic rings. The molecule has 2 aromatic carbocycles. The van der Waals surface area contributed by atoms with Crippen molar-refractivity contribution in [3.63, 3.8) is 0 Å². The van der Waals surface area contributed by atoms with Crippen LogP contribution < -0.4 is 5.32 Å². The highest BCUT2D eigenvalue weighted by Gasteiger charge is 2.26. The van der Waals surface area contributed by atoms with E-state index in [1.807, 2.05) is 12.1 Å². The topological polar surface area (TPSA) is 29.1 Å². The van der Waals surface area contributed by atoms with Gasteiger partial charge in [0.05, 0.1) is 6.42 Å². The van der Waals surface area contributed by atoms with Crippen LogP contribution in [0.5, 0.6) is 0 Å². The Morgan fingerprint density at radius 1 is 1.05 bits per heavy atom. The van der Waals surface area contributed by atoms with E-state index in [1.165, 1.54) is 29.5 Å². The molecule has 2 nitrogen and oxygen atoms in total. The largest absolute Gasteiger partial charge is 0.325 e. The molecule has 0 radical (unpaired) electrons. The molecule has 1 heterocycles. The summed E-state index contributed by atoms with van der Waals surface area (Å²) in [5, 5.41) is 3.06. The molecule has 20 heavy (non-hydrogen) atoms. The molecule has 1 aliphatic heterocycles. The van der Waals surface area contributed by atoms with Gasteiger partial charge in [-0.3, -0.25) is 4.79 Å². The molecule has 4 rings (SSSR count). The molecule has 0 atom stereocenters. The fourth-order valence-corrected chi connectivity index (χ4v) is 3.11. The first-order valence-corrected chi connectivity index (χ1v) is 7.31. The zero-order chi connectivity index (χ0) is 13.5. The number of hydrogen-bond acceptors (Lipinski definition) is 1. The van der Waals surface area contributed by atoms with Crippen molar-refractivity contribution < 1.29 is 4.79 Å². The Kier molecular flexibility index (Phi) is 2.62. The van der Waals surface area contributed by atoms with Crippen LogP contribution in [0.3, 0.4) is 0 Å². The fourth-order valence-electron chi connectivity index (χ4n) is 3.11. The van der Waals surface area contributed by atoms with Gasteiger partial charge in [0, 0.05) is 11.3 Å². The van der Waals surface area contributed by atoms with Crippen LogP contribution >= 0.6 is 0 Å². The molecule has 1 amide bonds. The lowest BCUT2D eigenvalue weighted by molar-refractivity contribution is -0.115. The van der Waals surface area contributed by atoms with Crippen LogP contribution in [0.4, 0.5) is 5.69 Å². The molecule has 2 aromatic rings. The Labute approximate surface area is 118 Å². The highest BCUT2D eigenvalue weighted by Crippen LogP contribution is 2.40. The van der Waals surface area contributed by atoms with Crippen LogP contribution in [-0.4, -0.2) is 5.91 Å². The summed E-state index contributed by atoms with van der Waals surface area (Å²) in [6, 6.07) is 14.6. The summed E-state index contributed by atoms with van der Waals surface area (Å²) in [5.41, 5.74) is 5.93. The number of nitrogens with one attached hydrogen (secondary N) is 1. The van der Waals surface area contributed by atoms with Gasteiger partial charge in [0.15, 0.2) is 0 Å². The van der Waals surface area contributed by atoms with Crippen LogP contribution in [0.15, 0.2) is 42.5 Å². The third-order valence-corrected chi connectivity index (χ3v) is 4.27. The maximum atomic E-state index is 12.0. The van der Waals surface area contributed by atoms with Crippen molar-refractivity contribution in [1.29, 1.82) is 0 Å². The zero-order valence-corrected chi connectivity index (χ0v) is 11.4. The average molecular weight is 263 g/mol. The molecule has 1 N–H and O–H groups in total. The van der Waals surface area contributed by atoms with Crippen molar-refractivity contribution in [1.82, 2.24) is 0 Å². The lowest BCUT2D eigenvalue weighted by Gasteiger charge is -2.14. The molecule has 0 unspecified atom stereocenters. The van der Waals surface area contributed by atoms with Gasteiger partial charge in [-0.2, -0.15) is 0 Å². The van der Waals surface area contributed by atoms with E-state index >= 15 is 0 Å². The monoisotopic (exact) mass is 263 g/mol. The molecular weight excluding hydrogens is 246 g/mol. The summed E-state index contributed by atoms with van der Waals surface area (Å²) in [5.74, 6) is 0.924. The Balaban J connectivity index is 1.93. The molecule has 2 heteroatoms. The normalized spacial score (nSPS) is 16.9. The van der Waals surface area contributed by atoms with E-state index < -0.39 is 0 Å². The van der Waals surface area contributed by atoms with Gasteiger partial charge in [-0.05, 0) is 47.9 Å². The highest BCUT2D eigenvalue weighted by atomic mass is 16.1. The summed E-state index contributed by atoms with van der Waals surface area (Å²) in [4.78, 5) is 12.0. The summed E-state index contributed by atoms with van der Waals surface area (Å²) in [6.07, 6.45) is 4.29. The highest BCUT2D eigenvalue weighted by molar-refractivity contribution is 6.01. The first-order chi connectivity index (χ1) is 9.81. The Morgan fingerprint density at radius 3 is 2.75 bits per heavy atom. The molecule has 0 aromatic heterocycles. The number of anilines is 1. The van der Waals surface area contributed by atoms with Crippen molar-refractivity contribution in [3.05, 3.63) is 53.6 Å². The lowest BCUT2D eigenvalue weighted by atomic mass is 9.91. The van der Waals surface area contributed by atoms with Gasteiger partial charge in [-0.1, -0.05) is 36.4 Å². The van der Waals surface area contributed by atoms with Crippen molar-refractivity contribution >= 4 is 11.6 Å². The van der Waals surface area contributed by atoms with Gasteiger partial charge in [-0.25, -0.2) is 0 Å². The molecule has 1 fully saturated rings. The Morgan fingerprint density at radius 2 is 1.90 bits per heavy atom. The number of fused-ring (bicyclic) bond motifs is 3. The van der Waals surface area contributed by atoms with Crippen molar-refractivity contribution in [2.24, 2.45) is 5.92 Å². The minimum Gasteiger partial charge on any atom is -0.325 e. The number of benzene rings is 2. The van der Waals surface area contributed by atoms with Gasteiger partial charge in [0.25, 0.3) is 0 Å². The first kappa shape index (κ1) is 11.7. The number of amides is 1. The molecule has 100 valence electrons. The fraction of sp³-hybridized carbons (Fsp3) is 0.278. The van der Waals surface area contributed by atoms with E-state index in [1.54, 1.807) is 0 Å². The van der Waals surface area contributed by atoms with E-state index in [0.29, 0.717) is 6.42 Å². The van der Waals surface area contributed by atoms with Crippen LogP contribution in [-0.2, 0) is 17.6 Å². The molecule has 1 aliphatic carbocycles. The second-order valence-corrected chi connectivity index (χ2v) is 5.87. The number of carbonyl (C=O) groups excluding carboxylic acids is 1. The Hall–Kier alpha value is -2.09. The van der Waals surface area contributed by atoms with E-state index in [0.717, 1.165) is 23.6 Å². The summed E-state index contributed by atoms with van der Waals surface area (Å²) in [7, 11) is 0. The second kappa shape index (κ2) is 4.48. The summed E-state index contributed by atoms with van der Waals surface area (Å²) in [6.45, 7) is 0. The molecule has 0 saturated heterocycles. The standard InChI is InChI=1S/C18H17NO/c20-17-11-13-4-1-2-6-15(13)18-14(10-12-8-9-12)5-3-7-16(18)19-17/h1-7,12H,8-11H2,(H,19,20). The predicted molar refractivity (Wildman–Crippen MR) is 80.6 cm³/mol. The Bertz CT molecular complexity index is 686. The molecule has 0 bridgehead atoms. The zero-order valence-electron chi connectivity index (χ0n) is 11.4. The van der Waals surface area contributed by atoms with Gasteiger partial charge in [-0.15, -0.1) is 0 Å². The van der Waals surface area contributed by atoms with Gasteiger partial charge in [0.1, 0.15) is 0 Å². The first-order valence-electron chi connectivity index (χ1n) is 7.31. The van der Waals surface area contributed by atoms with Crippen molar-refractivity contribution in [2.75, 3.05) is 5.32 Å². The van der Waals surface area contributed by atoms with Crippen LogP contribution in [0, 0.1) is 5.92 Å². The average Bonchev–Trinajstić information content (AvgIpc) is 3.24. The van der Waals surface area contributed by atoms with E-state index in [2.05, 4.69) is 35.6 Å². The van der Waals surface area contributed by atoms with Gasteiger partial charge in [0.2, 0.25) is 5.91 Å². The third-order valence-electron chi connectivity index (χ3n) is 4.27. The summed E-state index contributed by atoms with van der Waals surface area (Å²) >= 11 is 0. The lowest BCUT2D eigenvalue weighted by Crippen LogP contribution is -2.12. The minimum absolute atomic E-state index is 0.0831. The van der Waals surface area contributed by atoms with Crippen LogP contribution in [0.2, 0.25) is 0 Å². The van der Waals surface area contributed by atoms with Crippen LogP contribution in [0.1, 0.15) is 24.0 Å². The summed E-state index contributed by atoms with van der Waals surface area (Å²) < 4.78 is 0.